The minimum Gasteiger partial charge on any atom is -0.490 e. The molecule has 272 valence electrons. The number of nitrogens with zero attached hydrogens (tertiary/aromatic N) is 4. The van der Waals surface area contributed by atoms with Gasteiger partial charge in [-0.15, -0.1) is 13.2 Å². The Hall–Kier alpha value is -4.54. The third kappa shape index (κ3) is 8.34. The van der Waals surface area contributed by atoms with Crippen LogP contribution in [0.5, 0.6) is 5.75 Å². The monoisotopic (exact) mass is 698 g/mol. The first-order valence-corrected chi connectivity index (χ1v) is 17.5. The van der Waals surface area contributed by atoms with Crippen molar-refractivity contribution < 1.29 is 28.1 Å². The molecule has 0 aliphatic carbocycles. The number of anilines is 1. The first-order chi connectivity index (χ1) is 24.2. The second kappa shape index (κ2) is 15.4. The van der Waals surface area contributed by atoms with Gasteiger partial charge in [-0.25, -0.2) is 14.2 Å². The van der Waals surface area contributed by atoms with Gasteiger partial charge in [0, 0.05) is 42.4 Å². The van der Waals surface area contributed by atoms with E-state index in [1.807, 2.05) is 71.0 Å². The predicted octanol–water partition coefficient (Wildman–Crippen LogP) is 8.75. The van der Waals surface area contributed by atoms with Gasteiger partial charge >= 0.3 is 5.97 Å². The zero-order valence-corrected chi connectivity index (χ0v) is 31.2. The molecule has 1 aliphatic heterocycles. The molecule has 0 amide bonds. The number of methoxy groups -OCH3 is 1. The molecule has 2 atom stereocenters. The first-order valence-electron chi connectivity index (χ1n) is 17.5. The molecule has 10 heteroatoms. The summed E-state index contributed by atoms with van der Waals surface area (Å²) in [5.41, 5.74) is 4.35. The number of aromatic nitrogens is 3. The second-order valence-electron chi connectivity index (χ2n) is 14.5. The first kappa shape index (κ1) is 37.7. The minimum absolute atomic E-state index is 0.132. The Bertz CT molecular complexity index is 1900. The van der Waals surface area contributed by atoms with Crippen LogP contribution < -0.4 is 9.64 Å². The van der Waals surface area contributed by atoms with Crippen molar-refractivity contribution in [1.82, 2.24) is 14.6 Å². The molecule has 4 aromatic rings. The standard InChI is InChI=1S/C41H51FN4O5/c1-11-14-26(3)50-33-18-17-31(42)27(4)35(33)30-16-13-15-29(24-30)32-25-34-43-28(5)36(37(39(47)48-10)51-40(6,7)8)38(46(34)44-32)45-21-19-41(9,20-22-45)49-23-12-2/h11-13,15-18,24-26,37H,1-2,14,19-23H2,3-10H3/t26-,37-/m0/s1. The van der Waals surface area contributed by atoms with E-state index in [1.165, 1.54) is 13.2 Å². The van der Waals surface area contributed by atoms with E-state index in [0.29, 0.717) is 65.6 Å². The molecule has 5 rings (SSSR count). The van der Waals surface area contributed by atoms with Gasteiger partial charge in [0.2, 0.25) is 0 Å². The molecule has 1 fully saturated rings. The maximum atomic E-state index is 15.0. The second-order valence-corrected chi connectivity index (χ2v) is 14.5. The van der Waals surface area contributed by atoms with Gasteiger partial charge in [-0.2, -0.15) is 9.61 Å². The predicted molar refractivity (Wildman–Crippen MR) is 200 cm³/mol. The van der Waals surface area contributed by atoms with Gasteiger partial charge < -0.3 is 23.8 Å². The topological polar surface area (TPSA) is 87.4 Å². The highest BCUT2D eigenvalue weighted by Gasteiger charge is 2.38. The SMILES string of the molecule is C=CCOC1(C)CCN(c2c([C@H](OC(C)(C)C)C(=O)OC)c(C)nc3cc(-c4cccc(-c5c(O[C@@H](C)CC=C)ccc(F)c5C)c4)nn23)CC1. The molecule has 1 aliphatic rings. The van der Waals surface area contributed by atoms with E-state index in [-0.39, 0.29) is 17.5 Å². The summed E-state index contributed by atoms with van der Waals surface area (Å²) in [6.07, 6.45) is 4.57. The molecule has 9 nitrogen and oxygen atoms in total. The average Bonchev–Trinajstić information content (AvgIpc) is 3.51. The average molecular weight is 699 g/mol. The largest absolute Gasteiger partial charge is 0.490 e. The Morgan fingerprint density at radius 2 is 1.78 bits per heavy atom. The van der Waals surface area contributed by atoms with Gasteiger partial charge in [-0.05, 0) is 90.6 Å². The van der Waals surface area contributed by atoms with Crippen molar-refractivity contribution in [3.8, 4) is 28.1 Å². The number of carbonyl (C=O) groups is 1. The van der Waals surface area contributed by atoms with E-state index in [2.05, 4.69) is 25.0 Å². The summed E-state index contributed by atoms with van der Waals surface area (Å²) in [5, 5.41) is 5.12. The van der Waals surface area contributed by atoms with E-state index in [9.17, 15) is 9.18 Å². The van der Waals surface area contributed by atoms with Gasteiger partial charge in [-0.3, -0.25) is 0 Å². The number of carbonyl (C=O) groups excluding carboxylic acids is 1. The van der Waals surface area contributed by atoms with E-state index >= 15 is 0 Å². The Labute approximate surface area is 301 Å². The Morgan fingerprint density at radius 1 is 1.08 bits per heavy atom. The lowest BCUT2D eigenvalue weighted by molar-refractivity contribution is -0.164. The summed E-state index contributed by atoms with van der Waals surface area (Å²) in [6.45, 7) is 22.9. The van der Waals surface area contributed by atoms with E-state index in [0.717, 1.165) is 29.8 Å². The summed E-state index contributed by atoms with van der Waals surface area (Å²) in [4.78, 5) is 20.6. The molecule has 51 heavy (non-hydrogen) atoms. The minimum atomic E-state index is -1.04. The van der Waals surface area contributed by atoms with Crippen molar-refractivity contribution in [2.24, 2.45) is 0 Å². The van der Waals surface area contributed by atoms with Crippen LogP contribution >= 0.6 is 0 Å². The van der Waals surface area contributed by atoms with E-state index < -0.39 is 17.7 Å². The normalized spacial score (nSPS) is 15.7. The van der Waals surface area contributed by atoms with Crippen molar-refractivity contribution in [2.75, 3.05) is 31.7 Å². The fourth-order valence-corrected chi connectivity index (χ4v) is 6.60. The third-order valence-electron chi connectivity index (χ3n) is 9.26. The number of fused-ring (bicyclic) bond motifs is 1. The van der Waals surface area contributed by atoms with Gasteiger partial charge in [0.1, 0.15) is 17.4 Å². The zero-order chi connectivity index (χ0) is 37.1. The van der Waals surface area contributed by atoms with Crippen LogP contribution in [0.4, 0.5) is 10.2 Å². The maximum Gasteiger partial charge on any atom is 0.339 e. The summed E-state index contributed by atoms with van der Waals surface area (Å²) < 4.78 is 40.9. The highest BCUT2D eigenvalue weighted by molar-refractivity contribution is 5.81. The fourth-order valence-electron chi connectivity index (χ4n) is 6.60. The number of hydrogen-bond donors (Lipinski definition) is 0. The molecule has 3 heterocycles. The highest BCUT2D eigenvalue weighted by atomic mass is 19.1. The van der Waals surface area contributed by atoms with Crippen molar-refractivity contribution >= 4 is 17.4 Å². The molecule has 0 spiro atoms. The van der Waals surface area contributed by atoms with Crippen LogP contribution in [0.2, 0.25) is 0 Å². The van der Waals surface area contributed by atoms with Crippen LogP contribution in [-0.4, -0.2) is 64.7 Å². The van der Waals surface area contributed by atoms with Crippen LogP contribution in [0.1, 0.15) is 76.8 Å². The fraction of sp³-hybridized carbons (Fsp3) is 0.439. The molecule has 0 saturated carbocycles. The van der Waals surface area contributed by atoms with Crippen LogP contribution in [-0.2, 0) is 19.0 Å². The summed E-state index contributed by atoms with van der Waals surface area (Å²) in [7, 11) is 1.36. The molecular weight excluding hydrogens is 647 g/mol. The number of halogens is 1. The van der Waals surface area contributed by atoms with Crippen LogP contribution in [0.25, 0.3) is 28.0 Å². The lowest BCUT2D eigenvalue weighted by Gasteiger charge is -2.41. The molecule has 0 N–H and O–H groups in total. The van der Waals surface area contributed by atoms with Crippen molar-refractivity contribution in [2.45, 2.75) is 91.1 Å². The zero-order valence-electron chi connectivity index (χ0n) is 31.2. The Morgan fingerprint density at radius 3 is 2.43 bits per heavy atom. The number of piperidine rings is 1. The molecule has 0 bridgehead atoms. The molecule has 1 saturated heterocycles. The maximum absolute atomic E-state index is 15.0. The smallest absolute Gasteiger partial charge is 0.339 e. The molecule has 2 aromatic carbocycles. The van der Waals surface area contributed by atoms with E-state index in [1.54, 1.807) is 23.6 Å². The molecule has 0 unspecified atom stereocenters. The quantitative estimate of drug-likeness (QED) is 0.101. The number of benzene rings is 2. The van der Waals surface area contributed by atoms with Gasteiger partial charge in [0.05, 0.1) is 42.3 Å². The number of hydrogen-bond acceptors (Lipinski definition) is 8. The van der Waals surface area contributed by atoms with Crippen LogP contribution in [0, 0.1) is 19.7 Å². The lowest BCUT2D eigenvalue weighted by atomic mass is 9.92. The number of rotatable bonds is 13. The Balaban J connectivity index is 1.66. The highest BCUT2D eigenvalue weighted by Crippen LogP contribution is 2.40. The van der Waals surface area contributed by atoms with Gasteiger partial charge in [-0.1, -0.05) is 30.4 Å². The number of ether oxygens (including phenoxy) is 4. The molecular formula is C41H51FN4O5. The van der Waals surface area contributed by atoms with Gasteiger partial charge in [0.25, 0.3) is 0 Å². The Kier molecular flexibility index (Phi) is 11.4. The van der Waals surface area contributed by atoms with Gasteiger partial charge in [0.15, 0.2) is 11.8 Å². The van der Waals surface area contributed by atoms with Crippen LogP contribution in [0.3, 0.4) is 0 Å². The van der Waals surface area contributed by atoms with E-state index in [4.69, 9.17) is 29.0 Å². The number of aryl methyl sites for hydroxylation is 1. The summed E-state index contributed by atoms with van der Waals surface area (Å²) >= 11 is 0. The number of esters is 1. The summed E-state index contributed by atoms with van der Waals surface area (Å²) in [6, 6.07) is 12.9. The van der Waals surface area contributed by atoms with Crippen LogP contribution in [0.15, 0.2) is 67.8 Å². The molecule has 0 radical (unpaired) electrons. The van der Waals surface area contributed by atoms with Crippen molar-refractivity contribution in [1.29, 1.82) is 0 Å². The molecule has 2 aromatic heterocycles. The lowest BCUT2D eigenvalue weighted by Crippen LogP contribution is -2.45. The van der Waals surface area contributed by atoms with Crippen molar-refractivity contribution in [3.63, 3.8) is 0 Å². The third-order valence-corrected chi connectivity index (χ3v) is 9.26. The van der Waals surface area contributed by atoms with Crippen molar-refractivity contribution in [3.05, 3.63) is 90.4 Å². The summed E-state index contributed by atoms with van der Waals surface area (Å²) in [5.74, 6) is 0.492.